The van der Waals surface area contributed by atoms with Crippen molar-refractivity contribution in [1.82, 2.24) is 9.97 Å². The Kier molecular flexibility index (Phi) is 5.09. The molecule has 0 aliphatic rings. The standard InChI is InChI=1S/C22H19FN4O2S/c1-14-7-12-18(13-15(14)2)30(28,29)27-22-21(24-17-10-8-16(23)9-11-17)25-19-5-3-4-6-20(19)26-22/h3-13H,1-2H3,(H,24,25)(H,26,27). The number of nitrogens with one attached hydrogen (secondary N) is 2. The van der Waals surface area contributed by atoms with Crippen molar-refractivity contribution >= 4 is 38.4 Å². The molecule has 4 rings (SSSR count). The van der Waals surface area contributed by atoms with Crippen LogP contribution in [0.15, 0.2) is 71.6 Å². The van der Waals surface area contributed by atoms with Gasteiger partial charge >= 0.3 is 0 Å². The number of aromatic nitrogens is 2. The van der Waals surface area contributed by atoms with E-state index < -0.39 is 10.0 Å². The summed E-state index contributed by atoms with van der Waals surface area (Å²) < 4.78 is 41.8. The third-order valence-electron chi connectivity index (χ3n) is 4.70. The number of halogens is 1. The molecule has 0 saturated heterocycles. The van der Waals surface area contributed by atoms with Crippen LogP contribution in [0.1, 0.15) is 11.1 Å². The van der Waals surface area contributed by atoms with Crippen LogP contribution < -0.4 is 10.0 Å². The van der Waals surface area contributed by atoms with Crippen LogP contribution in [0.3, 0.4) is 0 Å². The molecular weight excluding hydrogens is 403 g/mol. The lowest BCUT2D eigenvalue weighted by atomic mass is 10.1. The molecular formula is C22H19FN4O2S. The second-order valence-electron chi connectivity index (χ2n) is 6.89. The normalized spacial score (nSPS) is 11.4. The first-order chi connectivity index (χ1) is 14.3. The molecule has 30 heavy (non-hydrogen) atoms. The minimum atomic E-state index is -3.90. The first kappa shape index (κ1) is 19.8. The smallest absolute Gasteiger partial charge is 0.263 e. The Morgan fingerprint density at radius 1 is 0.800 bits per heavy atom. The molecule has 1 aromatic heterocycles. The van der Waals surface area contributed by atoms with Crippen molar-refractivity contribution in [3.63, 3.8) is 0 Å². The van der Waals surface area contributed by atoms with E-state index in [2.05, 4.69) is 20.0 Å². The molecule has 4 aromatic rings. The summed E-state index contributed by atoms with van der Waals surface area (Å²) in [7, 11) is -3.90. The lowest BCUT2D eigenvalue weighted by Crippen LogP contribution is -2.16. The predicted octanol–water partition coefficient (Wildman–Crippen LogP) is 4.93. The average molecular weight is 422 g/mol. The van der Waals surface area contributed by atoms with E-state index in [1.54, 1.807) is 36.4 Å². The molecule has 2 N–H and O–H groups in total. The van der Waals surface area contributed by atoms with Crippen molar-refractivity contribution in [1.29, 1.82) is 0 Å². The van der Waals surface area contributed by atoms with E-state index in [1.165, 1.54) is 24.3 Å². The van der Waals surface area contributed by atoms with Gasteiger partial charge in [0.15, 0.2) is 11.6 Å². The van der Waals surface area contributed by atoms with Gasteiger partial charge in [-0.25, -0.2) is 22.8 Å². The summed E-state index contributed by atoms with van der Waals surface area (Å²) in [4.78, 5) is 9.09. The fraction of sp³-hybridized carbons (Fsp3) is 0.0909. The number of sulfonamides is 1. The van der Waals surface area contributed by atoms with Gasteiger partial charge in [-0.05, 0) is 73.5 Å². The highest BCUT2D eigenvalue weighted by atomic mass is 32.2. The Morgan fingerprint density at radius 2 is 1.43 bits per heavy atom. The van der Waals surface area contributed by atoms with Gasteiger partial charge in [0, 0.05) is 5.69 Å². The molecule has 152 valence electrons. The Labute approximate surface area is 173 Å². The van der Waals surface area contributed by atoms with Gasteiger partial charge in [-0.3, -0.25) is 4.72 Å². The van der Waals surface area contributed by atoms with Crippen molar-refractivity contribution in [2.45, 2.75) is 18.7 Å². The fourth-order valence-corrected chi connectivity index (χ4v) is 3.99. The topological polar surface area (TPSA) is 84.0 Å². The molecule has 0 fully saturated rings. The lowest BCUT2D eigenvalue weighted by molar-refractivity contribution is 0.601. The summed E-state index contributed by atoms with van der Waals surface area (Å²) in [6.07, 6.45) is 0. The number of benzene rings is 3. The molecule has 0 unspecified atom stereocenters. The maximum atomic E-state index is 13.2. The number of fused-ring (bicyclic) bond motifs is 1. The van der Waals surface area contributed by atoms with Crippen LogP contribution in [0.4, 0.5) is 21.7 Å². The fourth-order valence-electron chi connectivity index (χ4n) is 2.90. The largest absolute Gasteiger partial charge is 0.337 e. The van der Waals surface area contributed by atoms with Gasteiger partial charge in [0.2, 0.25) is 0 Å². The number of hydrogen-bond donors (Lipinski definition) is 2. The van der Waals surface area contributed by atoms with Crippen molar-refractivity contribution in [2.24, 2.45) is 0 Å². The quantitative estimate of drug-likeness (QED) is 0.476. The zero-order valence-corrected chi connectivity index (χ0v) is 17.2. The molecule has 0 bridgehead atoms. The van der Waals surface area contributed by atoms with Crippen molar-refractivity contribution in [3.8, 4) is 0 Å². The van der Waals surface area contributed by atoms with Gasteiger partial charge in [-0.2, -0.15) is 0 Å². The van der Waals surface area contributed by atoms with E-state index in [1.807, 2.05) is 19.9 Å². The summed E-state index contributed by atoms with van der Waals surface area (Å²) in [5.41, 5.74) is 3.55. The highest BCUT2D eigenvalue weighted by molar-refractivity contribution is 7.92. The van der Waals surface area contributed by atoms with Crippen LogP contribution >= 0.6 is 0 Å². The third kappa shape index (κ3) is 4.08. The highest BCUT2D eigenvalue weighted by Crippen LogP contribution is 2.27. The number of nitrogens with zero attached hydrogens (tertiary/aromatic N) is 2. The molecule has 1 heterocycles. The van der Waals surface area contributed by atoms with E-state index >= 15 is 0 Å². The first-order valence-corrected chi connectivity index (χ1v) is 10.7. The summed E-state index contributed by atoms with van der Waals surface area (Å²) in [5, 5.41) is 3.02. The van der Waals surface area contributed by atoms with E-state index in [0.29, 0.717) is 16.7 Å². The molecule has 0 aliphatic heterocycles. The molecule has 0 amide bonds. The summed E-state index contributed by atoms with van der Waals surface area (Å²) >= 11 is 0. The van der Waals surface area contributed by atoms with Crippen molar-refractivity contribution in [3.05, 3.63) is 83.7 Å². The summed E-state index contributed by atoms with van der Waals surface area (Å²) in [6.45, 7) is 3.77. The highest BCUT2D eigenvalue weighted by Gasteiger charge is 2.19. The van der Waals surface area contributed by atoms with Crippen molar-refractivity contribution < 1.29 is 12.8 Å². The second-order valence-corrected chi connectivity index (χ2v) is 8.58. The zero-order valence-electron chi connectivity index (χ0n) is 16.3. The number of para-hydroxylation sites is 2. The second kappa shape index (κ2) is 7.72. The summed E-state index contributed by atoms with van der Waals surface area (Å²) in [6, 6.07) is 17.7. The SMILES string of the molecule is Cc1ccc(S(=O)(=O)Nc2nc3ccccc3nc2Nc2ccc(F)cc2)cc1C. The van der Waals surface area contributed by atoms with E-state index in [0.717, 1.165) is 11.1 Å². The Morgan fingerprint density at radius 3 is 2.07 bits per heavy atom. The Hall–Kier alpha value is -3.52. The summed E-state index contributed by atoms with van der Waals surface area (Å²) in [5.74, 6) is -0.107. The molecule has 0 aliphatic carbocycles. The van der Waals surface area contributed by atoms with Gasteiger partial charge in [0.1, 0.15) is 5.82 Å². The minimum absolute atomic E-state index is 0.0521. The Balaban J connectivity index is 1.77. The van der Waals surface area contributed by atoms with Crippen molar-refractivity contribution in [2.75, 3.05) is 10.0 Å². The molecule has 3 aromatic carbocycles. The van der Waals surface area contributed by atoms with Gasteiger partial charge in [0.05, 0.1) is 15.9 Å². The monoisotopic (exact) mass is 422 g/mol. The van der Waals surface area contributed by atoms with E-state index in [-0.39, 0.29) is 22.3 Å². The minimum Gasteiger partial charge on any atom is -0.337 e. The maximum Gasteiger partial charge on any atom is 0.263 e. The molecule has 8 heteroatoms. The van der Waals surface area contributed by atoms with Crippen LogP contribution in [0.25, 0.3) is 11.0 Å². The Bertz CT molecular complexity index is 1340. The lowest BCUT2D eigenvalue weighted by Gasteiger charge is -2.14. The maximum absolute atomic E-state index is 13.2. The number of aryl methyl sites for hydroxylation is 2. The molecule has 0 radical (unpaired) electrons. The molecule has 0 atom stereocenters. The number of hydrogen-bond acceptors (Lipinski definition) is 5. The number of anilines is 3. The van der Waals surface area contributed by atoms with Gasteiger partial charge < -0.3 is 5.32 Å². The molecule has 0 saturated carbocycles. The van der Waals surface area contributed by atoms with Crippen LogP contribution in [-0.4, -0.2) is 18.4 Å². The first-order valence-electron chi connectivity index (χ1n) is 9.21. The number of rotatable bonds is 5. The third-order valence-corrected chi connectivity index (χ3v) is 6.03. The van der Waals surface area contributed by atoms with E-state index in [4.69, 9.17) is 0 Å². The van der Waals surface area contributed by atoms with Crippen LogP contribution in [-0.2, 0) is 10.0 Å². The van der Waals surface area contributed by atoms with E-state index in [9.17, 15) is 12.8 Å². The van der Waals surface area contributed by atoms with Gasteiger partial charge in [-0.15, -0.1) is 0 Å². The van der Waals surface area contributed by atoms with Gasteiger partial charge in [-0.1, -0.05) is 18.2 Å². The molecule has 6 nitrogen and oxygen atoms in total. The molecule has 0 spiro atoms. The van der Waals surface area contributed by atoms with Crippen LogP contribution in [0.2, 0.25) is 0 Å². The van der Waals surface area contributed by atoms with Crippen LogP contribution in [0, 0.1) is 19.7 Å². The van der Waals surface area contributed by atoms with Gasteiger partial charge in [0.25, 0.3) is 10.0 Å². The zero-order chi connectivity index (χ0) is 21.3. The predicted molar refractivity (Wildman–Crippen MR) is 116 cm³/mol. The average Bonchev–Trinajstić information content (AvgIpc) is 2.72. The van der Waals surface area contributed by atoms with Crippen LogP contribution in [0.5, 0.6) is 0 Å².